The quantitative estimate of drug-likeness (QED) is 0.623. The second-order valence-electron chi connectivity index (χ2n) is 6.52. The van der Waals surface area contributed by atoms with Crippen LogP contribution in [-0.4, -0.2) is 15.7 Å². The molecule has 2 aromatic carbocycles. The summed E-state index contributed by atoms with van der Waals surface area (Å²) in [6.45, 7) is 4.66. The van der Waals surface area contributed by atoms with Crippen LogP contribution in [-0.2, 0) is 20.2 Å². The fourth-order valence-electron chi connectivity index (χ4n) is 2.90. The number of hydrogen-bond donors (Lipinski definition) is 1. The van der Waals surface area contributed by atoms with Gasteiger partial charge in [0.15, 0.2) is 0 Å². The Bertz CT molecular complexity index is 1010. The zero-order valence-electron chi connectivity index (χ0n) is 15.9. The van der Waals surface area contributed by atoms with Crippen molar-refractivity contribution < 1.29 is 9.53 Å². The Balaban J connectivity index is 1.64. The summed E-state index contributed by atoms with van der Waals surface area (Å²) in [5.41, 5.74) is 4.43. The summed E-state index contributed by atoms with van der Waals surface area (Å²) in [6.07, 6.45) is 0. The lowest BCUT2D eigenvalue weighted by Crippen LogP contribution is -2.23. The number of amides is 1. The van der Waals surface area contributed by atoms with Gasteiger partial charge in [0.05, 0.1) is 10.7 Å². The Labute approximate surface area is 174 Å². The van der Waals surface area contributed by atoms with E-state index in [1.165, 1.54) is 0 Å². The number of ether oxygens (including phenoxy) is 1. The molecule has 0 saturated heterocycles. The van der Waals surface area contributed by atoms with Crippen LogP contribution in [0.15, 0.2) is 42.5 Å². The van der Waals surface area contributed by atoms with Crippen LogP contribution in [0, 0.1) is 13.8 Å². The van der Waals surface area contributed by atoms with Crippen molar-refractivity contribution in [1.82, 2.24) is 15.1 Å². The minimum atomic E-state index is -0.144. The molecule has 1 amide bonds. The molecular weight excluding hydrogens is 397 g/mol. The Hall–Kier alpha value is -2.50. The first-order chi connectivity index (χ1) is 13.3. The van der Waals surface area contributed by atoms with Crippen LogP contribution in [0.25, 0.3) is 0 Å². The number of halogens is 2. The zero-order chi connectivity index (χ0) is 20.3. The third kappa shape index (κ3) is 4.66. The summed E-state index contributed by atoms with van der Waals surface area (Å²) in [5.74, 6) is 0.400. The third-order valence-electron chi connectivity index (χ3n) is 4.56. The first-order valence-electron chi connectivity index (χ1n) is 8.79. The van der Waals surface area contributed by atoms with Crippen LogP contribution in [0.2, 0.25) is 10.0 Å². The van der Waals surface area contributed by atoms with Gasteiger partial charge in [0, 0.05) is 35.4 Å². The first-order valence-corrected chi connectivity index (χ1v) is 9.55. The summed E-state index contributed by atoms with van der Waals surface area (Å²) >= 11 is 12.0. The van der Waals surface area contributed by atoms with Crippen molar-refractivity contribution in [2.75, 3.05) is 0 Å². The molecule has 0 saturated carbocycles. The van der Waals surface area contributed by atoms with E-state index in [9.17, 15) is 4.79 Å². The molecule has 3 rings (SSSR count). The molecule has 0 unspecified atom stereocenters. The second-order valence-corrected chi connectivity index (χ2v) is 7.36. The van der Waals surface area contributed by atoms with Gasteiger partial charge in [-0.15, -0.1) is 0 Å². The highest BCUT2D eigenvalue weighted by atomic mass is 35.5. The van der Waals surface area contributed by atoms with Crippen molar-refractivity contribution in [2.45, 2.75) is 27.0 Å². The van der Waals surface area contributed by atoms with Gasteiger partial charge in [-0.3, -0.25) is 9.48 Å². The van der Waals surface area contributed by atoms with Crippen molar-refractivity contribution in [3.63, 3.8) is 0 Å². The van der Waals surface area contributed by atoms with Crippen LogP contribution in [0.4, 0.5) is 0 Å². The number of carbonyl (C=O) groups is 1. The topological polar surface area (TPSA) is 56.2 Å². The second kappa shape index (κ2) is 8.67. The van der Waals surface area contributed by atoms with E-state index in [0.29, 0.717) is 34.5 Å². The molecule has 1 heterocycles. The average molecular weight is 418 g/mol. The summed E-state index contributed by atoms with van der Waals surface area (Å²) in [6, 6.07) is 12.4. The minimum Gasteiger partial charge on any atom is -0.487 e. The van der Waals surface area contributed by atoms with Gasteiger partial charge in [-0.05, 0) is 49.7 Å². The number of nitrogens with zero attached hydrogens (tertiary/aromatic N) is 2. The number of aryl methyl sites for hydroxylation is 2. The molecule has 7 heteroatoms. The maximum atomic E-state index is 12.6. The molecule has 5 nitrogen and oxygen atoms in total. The van der Waals surface area contributed by atoms with E-state index in [-0.39, 0.29) is 5.91 Å². The number of aromatic nitrogens is 2. The summed E-state index contributed by atoms with van der Waals surface area (Å²) < 4.78 is 7.56. The van der Waals surface area contributed by atoms with Crippen molar-refractivity contribution in [3.05, 3.63) is 80.6 Å². The van der Waals surface area contributed by atoms with E-state index in [2.05, 4.69) is 10.4 Å². The average Bonchev–Trinajstić information content (AvgIpc) is 2.91. The molecule has 0 aliphatic heterocycles. The van der Waals surface area contributed by atoms with E-state index in [1.807, 2.05) is 43.8 Å². The fraction of sp³-hybridized carbons (Fsp3) is 0.238. The van der Waals surface area contributed by atoms with Crippen molar-refractivity contribution >= 4 is 29.1 Å². The molecule has 0 aliphatic rings. The van der Waals surface area contributed by atoms with E-state index in [4.69, 9.17) is 27.9 Å². The Morgan fingerprint density at radius 3 is 2.64 bits per heavy atom. The highest BCUT2D eigenvalue weighted by Gasteiger charge is 2.12. The molecule has 0 atom stereocenters. The number of nitrogens with one attached hydrogen (secondary N) is 1. The highest BCUT2D eigenvalue weighted by molar-refractivity contribution is 6.35. The van der Waals surface area contributed by atoms with Gasteiger partial charge in [0.2, 0.25) is 0 Å². The molecule has 3 aromatic rings. The molecule has 0 radical (unpaired) electrons. The molecule has 0 bridgehead atoms. The standard InChI is InChI=1S/C21H21Cl2N3O2/c1-13-18(14(2)26(3)25-13)11-24-21(27)16-6-4-5-15(9-16)12-28-20-8-7-17(22)10-19(20)23/h4-10H,11-12H2,1-3H3,(H,24,27). The smallest absolute Gasteiger partial charge is 0.251 e. The minimum absolute atomic E-state index is 0.144. The normalized spacial score (nSPS) is 10.8. The van der Waals surface area contributed by atoms with Crippen LogP contribution in [0.5, 0.6) is 5.75 Å². The molecule has 0 spiro atoms. The van der Waals surface area contributed by atoms with Crippen LogP contribution in [0.1, 0.15) is 32.9 Å². The molecule has 146 valence electrons. The van der Waals surface area contributed by atoms with E-state index >= 15 is 0 Å². The lowest BCUT2D eigenvalue weighted by atomic mass is 10.1. The molecule has 28 heavy (non-hydrogen) atoms. The SMILES string of the molecule is Cc1nn(C)c(C)c1CNC(=O)c1cccc(COc2ccc(Cl)cc2Cl)c1. The molecular formula is C21H21Cl2N3O2. The monoisotopic (exact) mass is 417 g/mol. The van der Waals surface area contributed by atoms with Gasteiger partial charge in [-0.25, -0.2) is 0 Å². The van der Waals surface area contributed by atoms with Gasteiger partial charge >= 0.3 is 0 Å². The lowest BCUT2D eigenvalue weighted by Gasteiger charge is -2.10. The van der Waals surface area contributed by atoms with Gasteiger partial charge in [0.1, 0.15) is 12.4 Å². The summed E-state index contributed by atoms with van der Waals surface area (Å²) in [4.78, 5) is 12.6. The zero-order valence-corrected chi connectivity index (χ0v) is 17.4. The summed E-state index contributed by atoms with van der Waals surface area (Å²) in [5, 5.41) is 8.33. The predicted octanol–water partition coefficient (Wildman–Crippen LogP) is 4.85. The predicted molar refractivity (Wildman–Crippen MR) is 111 cm³/mol. The van der Waals surface area contributed by atoms with E-state index < -0.39 is 0 Å². The maximum absolute atomic E-state index is 12.6. The first kappa shape index (κ1) is 20.2. The summed E-state index contributed by atoms with van der Waals surface area (Å²) in [7, 11) is 1.89. The fourth-order valence-corrected chi connectivity index (χ4v) is 3.36. The van der Waals surface area contributed by atoms with Crippen molar-refractivity contribution in [2.24, 2.45) is 7.05 Å². The number of benzene rings is 2. The van der Waals surface area contributed by atoms with Gasteiger partial charge < -0.3 is 10.1 Å². The molecule has 1 N–H and O–H groups in total. The Morgan fingerprint density at radius 2 is 1.96 bits per heavy atom. The van der Waals surface area contributed by atoms with Crippen LogP contribution < -0.4 is 10.1 Å². The number of carbonyl (C=O) groups excluding carboxylic acids is 1. The van der Waals surface area contributed by atoms with Crippen molar-refractivity contribution in [3.8, 4) is 5.75 Å². The number of hydrogen-bond acceptors (Lipinski definition) is 3. The Kier molecular flexibility index (Phi) is 6.27. The largest absolute Gasteiger partial charge is 0.487 e. The van der Waals surface area contributed by atoms with Crippen LogP contribution >= 0.6 is 23.2 Å². The van der Waals surface area contributed by atoms with Gasteiger partial charge in [-0.2, -0.15) is 5.10 Å². The molecule has 0 aliphatic carbocycles. The number of rotatable bonds is 6. The van der Waals surface area contributed by atoms with E-state index in [0.717, 1.165) is 22.5 Å². The van der Waals surface area contributed by atoms with Crippen LogP contribution in [0.3, 0.4) is 0 Å². The maximum Gasteiger partial charge on any atom is 0.251 e. The van der Waals surface area contributed by atoms with E-state index in [1.54, 1.807) is 24.3 Å². The van der Waals surface area contributed by atoms with Crippen molar-refractivity contribution in [1.29, 1.82) is 0 Å². The lowest BCUT2D eigenvalue weighted by molar-refractivity contribution is 0.0950. The third-order valence-corrected chi connectivity index (χ3v) is 5.09. The highest BCUT2D eigenvalue weighted by Crippen LogP contribution is 2.28. The Morgan fingerprint density at radius 1 is 1.18 bits per heavy atom. The molecule has 0 fully saturated rings. The van der Waals surface area contributed by atoms with Gasteiger partial charge in [0.25, 0.3) is 5.91 Å². The van der Waals surface area contributed by atoms with Gasteiger partial charge in [-0.1, -0.05) is 35.3 Å². The molecule has 1 aromatic heterocycles.